The molecule has 0 saturated heterocycles. The fourth-order valence-corrected chi connectivity index (χ4v) is 4.03. The molecule has 0 fully saturated rings. The van der Waals surface area contributed by atoms with Crippen molar-refractivity contribution in [2.45, 2.75) is 17.9 Å². The van der Waals surface area contributed by atoms with Crippen LogP contribution in [0.15, 0.2) is 70.8 Å². The SMILES string of the molecule is C=CCn1c(SCC(=O)Nc2cccc(C(F)(F)F)c2)nnc1-c1cc2cccc(OC)c2o1. The maximum absolute atomic E-state index is 12.9. The van der Waals surface area contributed by atoms with Gasteiger partial charge in [-0.2, -0.15) is 13.2 Å². The van der Waals surface area contributed by atoms with Crippen molar-refractivity contribution in [1.29, 1.82) is 0 Å². The second-order valence-corrected chi connectivity index (χ2v) is 8.05. The molecule has 2 heterocycles. The minimum absolute atomic E-state index is 0.0601. The highest BCUT2D eigenvalue weighted by atomic mass is 32.2. The molecule has 0 atom stereocenters. The van der Waals surface area contributed by atoms with E-state index in [1.807, 2.05) is 18.2 Å². The number of halogens is 3. The number of para-hydroxylation sites is 1. The van der Waals surface area contributed by atoms with Crippen molar-refractivity contribution in [2.75, 3.05) is 18.2 Å². The Labute approximate surface area is 196 Å². The van der Waals surface area contributed by atoms with Crippen LogP contribution in [-0.4, -0.2) is 33.5 Å². The van der Waals surface area contributed by atoms with Crippen LogP contribution in [0.5, 0.6) is 5.75 Å². The Morgan fingerprint density at radius 1 is 1.24 bits per heavy atom. The van der Waals surface area contributed by atoms with Gasteiger partial charge in [0.1, 0.15) is 0 Å². The lowest BCUT2D eigenvalue weighted by atomic mass is 10.2. The lowest BCUT2D eigenvalue weighted by Gasteiger charge is -2.10. The zero-order valence-corrected chi connectivity index (χ0v) is 18.7. The first-order chi connectivity index (χ1) is 16.3. The van der Waals surface area contributed by atoms with Crippen molar-refractivity contribution in [3.05, 3.63) is 66.7 Å². The number of aromatic nitrogens is 3. The largest absolute Gasteiger partial charge is 0.493 e. The number of thioether (sulfide) groups is 1. The second-order valence-electron chi connectivity index (χ2n) is 7.11. The zero-order chi connectivity index (χ0) is 24.3. The Kier molecular flexibility index (Phi) is 6.64. The predicted molar refractivity (Wildman–Crippen MR) is 123 cm³/mol. The van der Waals surface area contributed by atoms with Crippen LogP contribution in [0.1, 0.15) is 5.56 Å². The van der Waals surface area contributed by atoms with Crippen LogP contribution in [-0.2, 0) is 17.5 Å². The van der Waals surface area contributed by atoms with Gasteiger partial charge < -0.3 is 14.5 Å². The number of hydrogen-bond acceptors (Lipinski definition) is 6. The normalized spacial score (nSPS) is 11.5. The third-order valence-corrected chi connectivity index (χ3v) is 5.75. The molecule has 4 rings (SSSR count). The maximum Gasteiger partial charge on any atom is 0.416 e. The number of anilines is 1. The molecule has 0 aliphatic rings. The summed E-state index contributed by atoms with van der Waals surface area (Å²) in [5.74, 6) is 0.930. The molecule has 7 nitrogen and oxygen atoms in total. The second kappa shape index (κ2) is 9.64. The van der Waals surface area contributed by atoms with Gasteiger partial charge in [-0.05, 0) is 30.3 Å². The Morgan fingerprint density at radius 3 is 2.76 bits per heavy atom. The first-order valence-corrected chi connectivity index (χ1v) is 11.0. The molecular formula is C23H19F3N4O3S. The molecule has 11 heteroatoms. The number of methoxy groups -OCH3 is 1. The first kappa shape index (κ1) is 23.4. The zero-order valence-electron chi connectivity index (χ0n) is 17.9. The number of nitrogens with one attached hydrogen (secondary N) is 1. The fraction of sp³-hybridized carbons (Fsp3) is 0.174. The van der Waals surface area contributed by atoms with Crippen molar-refractivity contribution in [3.8, 4) is 17.3 Å². The highest BCUT2D eigenvalue weighted by Crippen LogP contribution is 2.34. The molecule has 0 radical (unpaired) electrons. The van der Waals surface area contributed by atoms with Crippen LogP contribution in [0.25, 0.3) is 22.6 Å². The summed E-state index contributed by atoms with van der Waals surface area (Å²) in [6, 6.07) is 11.8. The van der Waals surface area contributed by atoms with E-state index in [9.17, 15) is 18.0 Å². The molecular weight excluding hydrogens is 469 g/mol. The van der Waals surface area contributed by atoms with Crippen LogP contribution in [0.3, 0.4) is 0 Å². The van der Waals surface area contributed by atoms with Crippen molar-refractivity contribution in [2.24, 2.45) is 0 Å². The number of hydrogen-bond donors (Lipinski definition) is 1. The Morgan fingerprint density at radius 2 is 2.03 bits per heavy atom. The number of amides is 1. The maximum atomic E-state index is 12.9. The molecule has 0 unspecified atom stereocenters. The minimum atomic E-state index is -4.49. The summed E-state index contributed by atoms with van der Waals surface area (Å²) >= 11 is 1.10. The quantitative estimate of drug-likeness (QED) is 0.256. The van der Waals surface area contributed by atoms with Gasteiger partial charge in [-0.1, -0.05) is 36.0 Å². The van der Waals surface area contributed by atoms with Gasteiger partial charge in [-0.3, -0.25) is 9.36 Å². The van der Waals surface area contributed by atoms with Crippen LogP contribution in [0.4, 0.5) is 18.9 Å². The minimum Gasteiger partial charge on any atom is -0.493 e. The van der Waals surface area contributed by atoms with E-state index in [2.05, 4.69) is 22.1 Å². The molecule has 1 amide bonds. The Bertz CT molecular complexity index is 1350. The molecule has 0 bridgehead atoms. The fourth-order valence-electron chi connectivity index (χ4n) is 3.28. The first-order valence-electron chi connectivity index (χ1n) is 10.0. The van der Waals surface area contributed by atoms with Crippen molar-refractivity contribution in [3.63, 3.8) is 0 Å². The third kappa shape index (κ3) is 4.93. The number of alkyl halides is 3. The van der Waals surface area contributed by atoms with E-state index in [1.54, 1.807) is 23.8 Å². The Balaban J connectivity index is 1.51. The summed E-state index contributed by atoms with van der Waals surface area (Å²) in [6.45, 7) is 4.11. The van der Waals surface area contributed by atoms with E-state index in [1.165, 1.54) is 12.1 Å². The van der Waals surface area contributed by atoms with E-state index < -0.39 is 17.6 Å². The number of nitrogens with zero attached hydrogens (tertiary/aromatic N) is 3. The van der Waals surface area contributed by atoms with Gasteiger partial charge in [0.25, 0.3) is 0 Å². The highest BCUT2D eigenvalue weighted by Gasteiger charge is 2.30. The van der Waals surface area contributed by atoms with Crippen LogP contribution < -0.4 is 10.1 Å². The van der Waals surface area contributed by atoms with Gasteiger partial charge in [0.15, 0.2) is 22.2 Å². The number of furan rings is 1. The predicted octanol–water partition coefficient (Wildman–Crippen LogP) is 5.64. The monoisotopic (exact) mass is 488 g/mol. The summed E-state index contributed by atoms with van der Waals surface area (Å²) < 4.78 is 51.7. The van der Waals surface area contributed by atoms with E-state index >= 15 is 0 Å². The highest BCUT2D eigenvalue weighted by molar-refractivity contribution is 7.99. The van der Waals surface area contributed by atoms with Gasteiger partial charge in [0, 0.05) is 17.6 Å². The summed E-state index contributed by atoms with van der Waals surface area (Å²) in [4.78, 5) is 12.4. The summed E-state index contributed by atoms with van der Waals surface area (Å²) in [5, 5.41) is 12.1. The molecule has 0 saturated carbocycles. The molecule has 2 aromatic heterocycles. The molecule has 1 N–H and O–H groups in total. The molecule has 2 aromatic carbocycles. The number of carbonyl (C=O) groups is 1. The molecule has 0 aliphatic heterocycles. The van der Waals surface area contributed by atoms with E-state index in [-0.39, 0.29) is 11.4 Å². The summed E-state index contributed by atoms with van der Waals surface area (Å²) in [6.07, 6.45) is -2.84. The molecule has 0 spiro atoms. The average molecular weight is 488 g/mol. The topological polar surface area (TPSA) is 82.2 Å². The van der Waals surface area contributed by atoms with Gasteiger partial charge in [0.05, 0.1) is 18.4 Å². The van der Waals surface area contributed by atoms with E-state index in [4.69, 9.17) is 9.15 Å². The average Bonchev–Trinajstić information content (AvgIpc) is 3.41. The number of fused-ring (bicyclic) bond motifs is 1. The molecule has 34 heavy (non-hydrogen) atoms. The molecule has 4 aromatic rings. The lowest BCUT2D eigenvalue weighted by molar-refractivity contribution is -0.137. The van der Waals surface area contributed by atoms with Crippen molar-refractivity contribution in [1.82, 2.24) is 14.8 Å². The number of benzene rings is 2. The summed E-state index contributed by atoms with van der Waals surface area (Å²) in [5.41, 5.74) is -0.205. The molecule has 176 valence electrons. The van der Waals surface area contributed by atoms with Crippen molar-refractivity contribution >= 4 is 34.3 Å². The number of rotatable bonds is 8. The van der Waals surface area contributed by atoms with E-state index in [0.29, 0.717) is 34.6 Å². The van der Waals surface area contributed by atoms with Gasteiger partial charge in [0.2, 0.25) is 11.7 Å². The Hall–Kier alpha value is -3.73. The van der Waals surface area contributed by atoms with Crippen LogP contribution in [0.2, 0.25) is 0 Å². The van der Waals surface area contributed by atoms with Crippen molar-refractivity contribution < 1.29 is 27.1 Å². The van der Waals surface area contributed by atoms with Gasteiger partial charge in [-0.15, -0.1) is 16.8 Å². The number of carbonyl (C=O) groups excluding carboxylic acids is 1. The summed E-state index contributed by atoms with van der Waals surface area (Å²) in [7, 11) is 1.55. The molecule has 0 aliphatic carbocycles. The standard InChI is InChI=1S/C23H19F3N4O3S/c1-3-10-30-21(18-11-14-6-4-9-17(32-2)20(14)33-18)28-29-22(30)34-13-19(31)27-16-8-5-7-15(12-16)23(24,25)26/h3-9,11-12H,1,10,13H2,2H3,(H,27,31). The van der Waals surface area contributed by atoms with Gasteiger partial charge in [-0.25, -0.2) is 0 Å². The number of ether oxygens (including phenoxy) is 1. The smallest absolute Gasteiger partial charge is 0.416 e. The van der Waals surface area contributed by atoms with Crippen LogP contribution >= 0.6 is 11.8 Å². The lowest BCUT2D eigenvalue weighted by Crippen LogP contribution is -2.15. The van der Waals surface area contributed by atoms with E-state index in [0.717, 1.165) is 29.3 Å². The number of allylic oxidation sites excluding steroid dienone is 1. The van der Waals surface area contributed by atoms with Crippen LogP contribution in [0, 0.1) is 0 Å². The third-order valence-electron chi connectivity index (χ3n) is 4.78. The van der Waals surface area contributed by atoms with Gasteiger partial charge >= 0.3 is 6.18 Å².